The summed E-state index contributed by atoms with van der Waals surface area (Å²) in [6.07, 6.45) is 1.47. The highest BCUT2D eigenvalue weighted by atomic mass is 35.5. The van der Waals surface area contributed by atoms with Gasteiger partial charge in [0.1, 0.15) is 16.4 Å². The van der Waals surface area contributed by atoms with E-state index in [-0.39, 0.29) is 5.69 Å². The molecular formula is C22H13ClFNO2S. The summed E-state index contributed by atoms with van der Waals surface area (Å²) in [4.78, 5) is 17.2. The summed E-state index contributed by atoms with van der Waals surface area (Å²) in [7, 11) is 0. The van der Waals surface area contributed by atoms with Crippen LogP contribution in [-0.2, 0) is 0 Å². The van der Waals surface area contributed by atoms with Gasteiger partial charge in [-0.15, -0.1) is 11.3 Å². The van der Waals surface area contributed by atoms with Gasteiger partial charge < -0.3 is 4.74 Å². The fourth-order valence-corrected chi connectivity index (χ4v) is 4.05. The van der Waals surface area contributed by atoms with Crippen molar-refractivity contribution < 1.29 is 13.9 Å². The number of para-hydroxylation sites is 2. The molecule has 0 aliphatic rings. The summed E-state index contributed by atoms with van der Waals surface area (Å²) < 4.78 is 20.2. The molecule has 3 nitrogen and oxygen atoms in total. The molecule has 138 valence electrons. The number of halogens is 2. The molecule has 0 saturated heterocycles. The molecular weight excluding hydrogens is 397 g/mol. The van der Waals surface area contributed by atoms with Crippen LogP contribution in [0.5, 0.6) is 5.75 Å². The standard InChI is InChI=1S/C22H13ClFNO2S/c23-20-15-8-2-6-12-19(15)28-21(20)22(26)27-18-11-5-1-7-14(18)13-25-17-10-4-3-9-16(17)24/h1-13H. The van der Waals surface area contributed by atoms with Gasteiger partial charge >= 0.3 is 5.97 Å². The van der Waals surface area contributed by atoms with Gasteiger partial charge in [-0.2, -0.15) is 0 Å². The highest BCUT2D eigenvalue weighted by Crippen LogP contribution is 2.36. The Kier molecular flexibility index (Phi) is 5.19. The average Bonchev–Trinajstić information content (AvgIpc) is 3.05. The van der Waals surface area contributed by atoms with Crippen molar-refractivity contribution in [1.29, 1.82) is 0 Å². The van der Waals surface area contributed by atoms with E-state index < -0.39 is 11.8 Å². The molecule has 0 fully saturated rings. The quantitative estimate of drug-likeness (QED) is 0.214. The number of ether oxygens (including phenoxy) is 1. The smallest absolute Gasteiger partial charge is 0.355 e. The summed E-state index contributed by atoms with van der Waals surface area (Å²) >= 11 is 7.64. The molecule has 3 aromatic carbocycles. The zero-order valence-corrected chi connectivity index (χ0v) is 16.0. The molecule has 0 saturated carbocycles. The molecule has 0 atom stereocenters. The Labute approximate surface area is 169 Å². The van der Waals surface area contributed by atoms with Gasteiger partial charge in [-0.3, -0.25) is 4.99 Å². The molecule has 0 N–H and O–H groups in total. The van der Waals surface area contributed by atoms with E-state index in [4.69, 9.17) is 16.3 Å². The largest absolute Gasteiger partial charge is 0.422 e. The number of thiophene rings is 1. The van der Waals surface area contributed by atoms with E-state index >= 15 is 0 Å². The number of carbonyl (C=O) groups is 1. The molecule has 0 bridgehead atoms. The Morgan fingerprint density at radius 1 is 1.00 bits per heavy atom. The summed E-state index contributed by atoms with van der Waals surface area (Å²) in [6.45, 7) is 0. The predicted molar refractivity (Wildman–Crippen MR) is 112 cm³/mol. The van der Waals surface area contributed by atoms with Gasteiger partial charge in [0.2, 0.25) is 0 Å². The number of nitrogens with zero attached hydrogens (tertiary/aromatic N) is 1. The fourth-order valence-electron chi connectivity index (χ4n) is 2.67. The van der Waals surface area contributed by atoms with Gasteiger partial charge in [0.25, 0.3) is 0 Å². The molecule has 28 heavy (non-hydrogen) atoms. The first kappa shape index (κ1) is 18.3. The van der Waals surface area contributed by atoms with Crippen LogP contribution in [0.1, 0.15) is 15.2 Å². The van der Waals surface area contributed by atoms with Crippen LogP contribution in [0, 0.1) is 5.82 Å². The van der Waals surface area contributed by atoms with E-state index in [1.807, 2.05) is 24.3 Å². The molecule has 4 aromatic rings. The lowest BCUT2D eigenvalue weighted by molar-refractivity contribution is 0.0740. The van der Waals surface area contributed by atoms with Gasteiger partial charge in [0.15, 0.2) is 0 Å². The number of aliphatic imine (C=N–C) groups is 1. The van der Waals surface area contributed by atoms with E-state index in [1.165, 1.54) is 23.6 Å². The number of hydrogen-bond acceptors (Lipinski definition) is 4. The van der Waals surface area contributed by atoms with Crippen LogP contribution in [0.2, 0.25) is 5.02 Å². The van der Waals surface area contributed by atoms with E-state index in [1.54, 1.807) is 42.5 Å². The third-order valence-electron chi connectivity index (χ3n) is 4.04. The molecule has 0 unspecified atom stereocenters. The number of carbonyl (C=O) groups excluding carboxylic acids is 1. The summed E-state index contributed by atoms with van der Waals surface area (Å²) in [5.41, 5.74) is 0.757. The molecule has 6 heteroatoms. The van der Waals surface area contributed by atoms with Crippen LogP contribution in [0.25, 0.3) is 10.1 Å². The molecule has 0 spiro atoms. The van der Waals surface area contributed by atoms with Crippen molar-refractivity contribution in [1.82, 2.24) is 0 Å². The van der Waals surface area contributed by atoms with Gasteiger partial charge in [-0.05, 0) is 30.3 Å². The predicted octanol–water partition coefficient (Wildman–Crippen LogP) is 6.66. The zero-order chi connectivity index (χ0) is 19.5. The first-order valence-electron chi connectivity index (χ1n) is 8.40. The van der Waals surface area contributed by atoms with Crippen LogP contribution >= 0.6 is 22.9 Å². The summed E-state index contributed by atoms with van der Waals surface area (Å²) in [6, 6.07) is 20.6. The third-order valence-corrected chi connectivity index (χ3v) is 5.69. The lowest BCUT2D eigenvalue weighted by Gasteiger charge is -2.06. The van der Waals surface area contributed by atoms with E-state index in [2.05, 4.69) is 4.99 Å². The minimum absolute atomic E-state index is 0.205. The van der Waals surface area contributed by atoms with Gasteiger partial charge in [0, 0.05) is 21.9 Å². The highest BCUT2D eigenvalue weighted by Gasteiger charge is 2.19. The molecule has 0 amide bonds. The van der Waals surface area contributed by atoms with Crippen molar-refractivity contribution in [2.75, 3.05) is 0 Å². The zero-order valence-electron chi connectivity index (χ0n) is 14.4. The second-order valence-corrected chi connectivity index (χ2v) is 7.31. The summed E-state index contributed by atoms with van der Waals surface area (Å²) in [5.74, 6) is -0.649. The SMILES string of the molecule is O=C(Oc1ccccc1C=Nc1ccccc1F)c1sc2ccccc2c1Cl. The molecule has 0 aliphatic heterocycles. The Morgan fingerprint density at radius 2 is 1.71 bits per heavy atom. The van der Waals surface area contributed by atoms with Crippen molar-refractivity contribution >= 4 is 50.9 Å². The molecule has 0 radical (unpaired) electrons. The number of rotatable bonds is 4. The van der Waals surface area contributed by atoms with E-state index in [0.29, 0.717) is 21.2 Å². The van der Waals surface area contributed by atoms with Gasteiger partial charge in [-0.1, -0.05) is 54.1 Å². The maximum atomic E-state index is 13.8. The monoisotopic (exact) mass is 409 g/mol. The minimum Gasteiger partial charge on any atom is -0.422 e. The van der Waals surface area contributed by atoms with Crippen LogP contribution < -0.4 is 4.74 Å². The Bertz CT molecular complexity index is 1200. The Balaban J connectivity index is 1.62. The number of fused-ring (bicyclic) bond motifs is 1. The molecule has 1 aromatic heterocycles. The topological polar surface area (TPSA) is 38.7 Å². The van der Waals surface area contributed by atoms with Crippen LogP contribution in [0.4, 0.5) is 10.1 Å². The lowest BCUT2D eigenvalue weighted by atomic mass is 10.2. The summed E-state index contributed by atoms with van der Waals surface area (Å²) in [5, 5.41) is 1.19. The normalized spacial score (nSPS) is 11.2. The van der Waals surface area contributed by atoms with Crippen molar-refractivity contribution in [3.63, 3.8) is 0 Å². The van der Waals surface area contributed by atoms with Crippen LogP contribution in [-0.4, -0.2) is 12.2 Å². The van der Waals surface area contributed by atoms with E-state index in [0.717, 1.165) is 10.1 Å². The highest BCUT2D eigenvalue weighted by molar-refractivity contribution is 7.21. The minimum atomic E-state index is -0.544. The second-order valence-electron chi connectivity index (χ2n) is 5.88. The van der Waals surface area contributed by atoms with Crippen molar-refractivity contribution in [2.45, 2.75) is 0 Å². The lowest BCUT2D eigenvalue weighted by Crippen LogP contribution is -2.08. The number of benzene rings is 3. The first-order chi connectivity index (χ1) is 13.6. The van der Waals surface area contributed by atoms with Gasteiger partial charge in [-0.25, -0.2) is 9.18 Å². The molecule has 0 aliphatic carbocycles. The molecule has 1 heterocycles. The Morgan fingerprint density at radius 3 is 2.54 bits per heavy atom. The number of esters is 1. The first-order valence-corrected chi connectivity index (χ1v) is 9.60. The maximum Gasteiger partial charge on any atom is 0.355 e. The average molecular weight is 410 g/mol. The maximum absolute atomic E-state index is 13.8. The van der Waals surface area contributed by atoms with Gasteiger partial charge in [0.05, 0.1) is 10.7 Å². The fraction of sp³-hybridized carbons (Fsp3) is 0. The second kappa shape index (κ2) is 7.92. The third kappa shape index (κ3) is 3.67. The van der Waals surface area contributed by atoms with Crippen LogP contribution in [0.15, 0.2) is 77.8 Å². The van der Waals surface area contributed by atoms with Crippen molar-refractivity contribution in [3.05, 3.63) is 94.1 Å². The van der Waals surface area contributed by atoms with Crippen LogP contribution in [0.3, 0.4) is 0 Å². The van der Waals surface area contributed by atoms with Crippen molar-refractivity contribution in [3.8, 4) is 5.75 Å². The number of hydrogen-bond donors (Lipinski definition) is 0. The molecule has 4 rings (SSSR count). The van der Waals surface area contributed by atoms with E-state index in [9.17, 15) is 9.18 Å². The van der Waals surface area contributed by atoms with Crippen molar-refractivity contribution in [2.24, 2.45) is 4.99 Å². The Hall–Kier alpha value is -3.02.